The fraction of sp³-hybridized carbons (Fsp3) is 0.458. The first kappa shape index (κ1) is 21.8. The van der Waals surface area contributed by atoms with Gasteiger partial charge in [-0.3, -0.25) is 4.90 Å². The summed E-state index contributed by atoms with van der Waals surface area (Å²) in [6.07, 6.45) is 6.21. The summed E-state index contributed by atoms with van der Waals surface area (Å²) in [6, 6.07) is 16.3. The number of morpholine rings is 1. The summed E-state index contributed by atoms with van der Waals surface area (Å²) in [5.74, 6) is 0. The molecule has 156 valence electrons. The molecule has 29 heavy (non-hydrogen) atoms. The van der Waals surface area contributed by atoms with Gasteiger partial charge >= 0.3 is 0 Å². The first-order valence-corrected chi connectivity index (χ1v) is 11.0. The Morgan fingerprint density at radius 2 is 1.59 bits per heavy atom. The minimum atomic E-state index is 0.691. The van der Waals surface area contributed by atoms with Gasteiger partial charge in [-0.2, -0.15) is 0 Å². The molecular formula is C24H31ClN2O2. The maximum Gasteiger partial charge on any atom is 0.0867 e. The minimum absolute atomic E-state index is 0.691. The highest BCUT2D eigenvalue weighted by atomic mass is 35.5. The molecule has 2 aromatic rings. The molecule has 0 spiro atoms. The maximum atomic E-state index is 9.36. The molecule has 0 aromatic heterocycles. The largest absolute Gasteiger partial charge is 0.411 e. The predicted molar refractivity (Wildman–Crippen MR) is 119 cm³/mol. The van der Waals surface area contributed by atoms with E-state index in [9.17, 15) is 5.21 Å². The number of halogens is 1. The van der Waals surface area contributed by atoms with E-state index in [0.717, 1.165) is 76.2 Å². The van der Waals surface area contributed by atoms with Crippen LogP contribution in [0.25, 0.3) is 0 Å². The van der Waals surface area contributed by atoms with Gasteiger partial charge in [-0.25, -0.2) is 0 Å². The third-order valence-corrected chi connectivity index (χ3v) is 5.80. The van der Waals surface area contributed by atoms with Gasteiger partial charge in [0, 0.05) is 18.1 Å². The van der Waals surface area contributed by atoms with Crippen molar-refractivity contribution in [1.82, 2.24) is 4.90 Å². The second-order valence-electron chi connectivity index (χ2n) is 7.59. The Labute approximate surface area is 179 Å². The van der Waals surface area contributed by atoms with E-state index in [1.54, 1.807) is 0 Å². The quantitative estimate of drug-likeness (QED) is 0.251. The number of hydrogen-bond acceptors (Lipinski definition) is 4. The topological polar surface area (TPSA) is 45.1 Å². The molecule has 1 fully saturated rings. The number of rotatable bonds is 10. The van der Waals surface area contributed by atoms with Crippen molar-refractivity contribution in [2.24, 2.45) is 5.16 Å². The molecule has 0 unspecified atom stereocenters. The first-order chi connectivity index (χ1) is 14.3. The van der Waals surface area contributed by atoms with E-state index in [-0.39, 0.29) is 0 Å². The Bertz CT molecular complexity index is 771. The summed E-state index contributed by atoms with van der Waals surface area (Å²) in [6.45, 7) is 5.00. The highest BCUT2D eigenvalue weighted by Crippen LogP contribution is 2.17. The van der Waals surface area contributed by atoms with Crippen molar-refractivity contribution in [2.75, 3.05) is 32.8 Å². The molecule has 1 N–H and O–H groups in total. The maximum absolute atomic E-state index is 9.36. The smallest absolute Gasteiger partial charge is 0.0867 e. The van der Waals surface area contributed by atoms with Crippen LogP contribution in [-0.4, -0.2) is 48.7 Å². The average molecular weight is 415 g/mol. The third kappa shape index (κ3) is 7.14. The number of unbranched alkanes of at least 4 members (excludes halogenated alkanes) is 1. The molecule has 4 nitrogen and oxygen atoms in total. The summed E-state index contributed by atoms with van der Waals surface area (Å²) in [5, 5.41) is 13.5. The molecule has 5 heteroatoms. The lowest BCUT2D eigenvalue weighted by atomic mass is 9.97. The highest BCUT2D eigenvalue weighted by Gasteiger charge is 2.10. The number of nitrogens with zero attached hydrogens (tertiary/aromatic N) is 2. The standard InChI is InChI=1S/C24H31ClN2O2/c25-23-13-11-22(12-14-23)24(26-28)10-4-3-8-20-6-1-2-7-21(20)9-5-15-27-16-18-29-19-17-27/h1-2,6-7,11-14,28H,3-5,8-10,15-19H2. The number of aryl methyl sites for hydroxylation is 2. The van der Waals surface area contributed by atoms with Gasteiger partial charge in [-0.15, -0.1) is 0 Å². The van der Waals surface area contributed by atoms with Crippen LogP contribution in [0.3, 0.4) is 0 Å². The van der Waals surface area contributed by atoms with Crippen LogP contribution < -0.4 is 0 Å². The second-order valence-corrected chi connectivity index (χ2v) is 8.02. The fourth-order valence-corrected chi connectivity index (χ4v) is 3.99. The molecule has 0 saturated carbocycles. The molecule has 1 heterocycles. The van der Waals surface area contributed by atoms with E-state index >= 15 is 0 Å². The fourth-order valence-electron chi connectivity index (χ4n) is 3.87. The van der Waals surface area contributed by atoms with E-state index in [4.69, 9.17) is 16.3 Å². The summed E-state index contributed by atoms with van der Waals surface area (Å²) in [4.78, 5) is 2.50. The molecule has 0 radical (unpaired) electrons. The molecule has 0 atom stereocenters. The van der Waals surface area contributed by atoms with Crippen molar-refractivity contribution in [3.8, 4) is 0 Å². The van der Waals surface area contributed by atoms with Crippen molar-refractivity contribution in [3.05, 3.63) is 70.2 Å². The molecule has 2 aromatic carbocycles. The van der Waals surface area contributed by atoms with Crippen LogP contribution in [0, 0.1) is 0 Å². The molecule has 0 aliphatic carbocycles. The van der Waals surface area contributed by atoms with E-state index < -0.39 is 0 Å². The number of oxime groups is 1. The van der Waals surface area contributed by atoms with Gasteiger partial charge in [0.25, 0.3) is 0 Å². The van der Waals surface area contributed by atoms with Crippen molar-refractivity contribution in [2.45, 2.75) is 38.5 Å². The average Bonchev–Trinajstić information content (AvgIpc) is 2.76. The lowest BCUT2D eigenvalue weighted by molar-refractivity contribution is 0.0374. The highest BCUT2D eigenvalue weighted by molar-refractivity contribution is 6.30. The van der Waals surface area contributed by atoms with Gasteiger partial charge < -0.3 is 9.94 Å². The van der Waals surface area contributed by atoms with E-state index in [0.29, 0.717) is 5.02 Å². The SMILES string of the molecule is ON=C(CCCCc1ccccc1CCCN1CCOCC1)c1ccc(Cl)cc1. The number of ether oxygens (including phenoxy) is 1. The van der Waals surface area contributed by atoms with Crippen LogP contribution >= 0.6 is 11.6 Å². The normalized spacial score (nSPS) is 15.6. The van der Waals surface area contributed by atoms with Crippen molar-refractivity contribution in [3.63, 3.8) is 0 Å². The monoisotopic (exact) mass is 414 g/mol. The first-order valence-electron chi connectivity index (χ1n) is 10.6. The zero-order valence-electron chi connectivity index (χ0n) is 17.0. The van der Waals surface area contributed by atoms with Crippen LogP contribution in [0.5, 0.6) is 0 Å². The summed E-state index contributed by atoms with van der Waals surface area (Å²) >= 11 is 5.94. The Balaban J connectivity index is 1.43. The van der Waals surface area contributed by atoms with Gasteiger partial charge in [0.05, 0.1) is 18.9 Å². The van der Waals surface area contributed by atoms with E-state index in [1.165, 1.54) is 17.5 Å². The molecule has 0 amide bonds. The summed E-state index contributed by atoms with van der Waals surface area (Å²) in [7, 11) is 0. The number of benzene rings is 2. The van der Waals surface area contributed by atoms with Crippen LogP contribution in [-0.2, 0) is 17.6 Å². The lowest BCUT2D eigenvalue weighted by Gasteiger charge is -2.26. The zero-order valence-corrected chi connectivity index (χ0v) is 17.8. The molecule has 1 saturated heterocycles. The molecule has 3 rings (SSSR count). The Kier molecular flexibility index (Phi) is 9.00. The molecule has 1 aliphatic rings. The predicted octanol–water partition coefficient (Wildman–Crippen LogP) is 5.20. The third-order valence-electron chi connectivity index (χ3n) is 5.55. The van der Waals surface area contributed by atoms with Gasteiger partial charge in [-0.05, 0) is 73.9 Å². The van der Waals surface area contributed by atoms with E-state index in [2.05, 4.69) is 34.3 Å². The number of hydrogen-bond donors (Lipinski definition) is 1. The van der Waals surface area contributed by atoms with Gasteiger partial charge in [0.2, 0.25) is 0 Å². The van der Waals surface area contributed by atoms with Crippen LogP contribution in [0.4, 0.5) is 0 Å². The van der Waals surface area contributed by atoms with Gasteiger partial charge in [0.15, 0.2) is 0 Å². The Morgan fingerprint density at radius 1 is 0.931 bits per heavy atom. The van der Waals surface area contributed by atoms with Crippen molar-refractivity contribution >= 4 is 17.3 Å². The zero-order chi connectivity index (χ0) is 20.3. The van der Waals surface area contributed by atoms with Crippen molar-refractivity contribution in [1.29, 1.82) is 0 Å². The molecule has 1 aliphatic heterocycles. The van der Waals surface area contributed by atoms with Crippen LogP contribution in [0.15, 0.2) is 53.7 Å². The van der Waals surface area contributed by atoms with Crippen molar-refractivity contribution < 1.29 is 9.94 Å². The summed E-state index contributed by atoms with van der Waals surface area (Å²) < 4.78 is 5.43. The lowest BCUT2D eigenvalue weighted by Crippen LogP contribution is -2.36. The van der Waals surface area contributed by atoms with Crippen LogP contribution in [0.2, 0.25) is 5.02 Å². The second kappa shape index (κ2) is 12.0. The van der Waals surface area contributed by atoms with Gasteiger partial charge in [-0.1, -0.05) is 53.2 Å². The van der Waals surface area contributed by atoms with Gasteiger partial charge in [0.1, 0.15) is 0 Å². The molecule has 0 bridgehead atoms. The van der Waals surface area contributed by atoms with Crippen LogP contribution in [0.1, 0.15) is 42.4 Å². The molecular weight excluding hydrogens is 384 g/mol. The minimum Gasteiger partial charge on any atom is -0.411 e. The van der Waals surface area contributed by atoms with E-state index in [1.807, 2.05) is 24.3 Å². The summed E-state index contributed by atoms with van der Waals surface area (Å²) in [5.41, 5.74) is 4.57. The Morgan fingerprint density at radius 3 is 2.24 bits per heavy atom. The Hall–Kier alpha value is -1.88.